The van der Waals surface area contributed by atoms with Crippen LogP contribution in [0, 0.1) is 0 Å². The van der Waals surface area contributed by atoms with Crippen LogP contribution < -0.4 is 0 Å². The van der Waals surface area contributed by atoms with Gasteiger partial charge in [-0.3, -0.25) is 4.40 Å². The van der Waals surface area contributed by atoms with Gasteiger partial charge in [-0.25, -0.2) is 17.7 Å². The molecule has 8 nitrogen and oxygen atoms in total. The second-order valence-electron chi connectivity index (χ2n) is 6.66. The smallest absolute Gasteiger partial charge is 0.217 e. The molecule has 0 radical (unpaired) electrons. The van der Waals surface area contributed by atoms with Gasteiger partial charge in [-0.05, 0) is 31.7 Å². The predicted octanol–water partition coefficient (Wildman–Crippen LogP) is 1.28. The van der Waals surface area contributed by atoms with Gasteiger partial charge in [0.1, 0.15) is 5.82 Å². The molecule has 4 heterocycles. The van der Waals surface area contributed by atoms with Crippen molar-refractivity contribution in [3.8, 4) is 0 Å². The van der Waals surface area contributed by atoms with Crippen molar-refractivity contribution in [2.75, 3.05) is 13.1 Å². The van der Waals surface area contributed by atoms with Gasteiger partial charge in [-0.1, -0.05) is 0 Å². The number of hydrogen-bond donors (Lipinski definition) is 1. The first-order chi connectivity index (χ1) is 11.6. The van der Waals surface area contributed by atoms with Crippen LogP contribution in [0.1, 0.15) is 37.4 Å². The zero-order valence-corrected chi connectivity index (χ0v) is 13.9. The van der Waals surface area contributed by atoms with E-state index in [0.717, 1.165) is 42.7 Å². The monoisotopic (exact) mass is 346 g/mol. The first-order valence-electron chi connectivity index (χ1n) is 8.30. The van der Waals surface area contributed by atoms with E-state index in [1.54, 1.807) is 10.5 Å². The molecule has 3 aromatic rings. The van der Waals surface area contributed by atoms with E-state index in [1.165, 1.54) is 0 Å². The zero-order chi connectivity index (χ0) is 16.3. The maximum Gasteiger partial charge on any atom is 0.217 e. The van der Waals surface area contributed by atoms with Gasteiger partial charge in [0, 0.05) is 25.2 Å². The Bertz CT molecular complexity index is 1020. The second kappa shape index (κ2) is 5.00. The lowest BCUT2D eigenvalue weighted by Gasteiger charge is -2.31. The van der Waals surface area contributed by atoms with E-state index in [4.69, 9.17) is 0 Å². The van der Waals surface area contributed by atoms with Crippen LogP contribution in [-0.4, -0.2) is 55.6 Å². The first-order valence-corrected chi connectivity index (χ1v) is 9.81. The summed E-state index contributed by atoms with van der Waals surface area (Å²) in [5, 5.41) is 8.43. The minimum atomic E-state index is -3.14. The summed E-state index contributed by atoms with van der Waals surface area (Å²) in [6.07, 6.45) is 6.90. The Labute approximate surface area is 138 Å². The number of H-pyrrole nitrogens is 1. The van der Waals surface area contributed by atoms with Gasteiger partial charge in [0.05, 0.1) is 17.0 Å². The molecule has 0 bridgehead atoms. The molecule has 0 unspecified atom stereocenters. The lowest BCUT2D eigenvalue weighted by molar-refractivity contribution is 0.308. The fourth-order valence-electron chi connectivity index (χ4n) is 3.62. The molecule has 0 amide bonds. The second-order valence-corrected chi connectivity index (χ2v) is 8.88. The number of aromatic amines is 1. The number of nitrogens with zero attached hydrogens (tertiary/aromatic N) is 5. The summed E-state index contributed by atoms with van der Waals surface area (Å²) in [6.45, 7) is 1.11. The molecule has 3 aromatic heterocycles. The molecule has 9 heteroatoms. The quantitative estimate of drug-likeness (QED) is 0.770. The van der Waals surface area contributed by atoms with Gasteiger partial charge in [0.15, 0.2) is 11.3 Å². The molecule has 1 aliphatic carbocycles. The van der Waals surface area contributed by atoms with Crippen molar-refractivity contribution < 1.29 is 8.42 Å². The summed E-state index contributed by atoms with van der Waals surface area (Å²) >= 11 is 0. The molecule has 2 fully saturated rings. The first kappa shape index (κ1) is 14.4. The van der Waals surface area contributed by atoms with Gasteiger partial charge in [-0.15, -0.1) is 10.2 Å². The SMILES string of the molecule is O=S(=O)(C1CC1)N1CCC[C@H](c2nnc3cnc4[nH]ccc4n23)C1. The third-order valence-electron chi connectivity index (χ3n) is 5.02. The van der Waals surface area contributed by atoms with Gasteiger partial charge in [0.2, 0.25) is 10.0 Å². The summed E-state index contributed by atoms with van der Waals surface area (Å²) in [6, 6.07) is 1.95. The Morgan fingerprint density at radius 3 is 2.92 bits per heavy atom. The number of nitrogens with one attached hydrogen (secondary N) is 1. The van der Waals surface area contributed by atoms with Crippen LogP contribution >= 0.6 is 0 Å². The van der Waals surface area contributed by atoms with Crippen molar-refractivity contribution in [3.63, 3.8) is 0 Å². The van der Waals surface area contributed by atoms with Crippen LogP contribution in [0.5, 0.6) is 0 Å². The molecular weight excluding hydrogens is 328 g/mol. The van der Waals surface area contributed by atoms with Gasteiger partial charge >= 0.3 is 0 Å². The predicted molar refractivity (Wildman–Crippen MR) is 88.1 cm³/mol. The van der Waals surface area contributed by atoms with Crippen molar-refractivity contribution in [1.29, 1.82) is 0 Å². The summed E-state index contributed by atoms with van der Waals surface area (Å²) in [7, 11) is -3.14. The van der Waals surface area contributed by atoms with Crippen molar-refractivity contribution in [2.24, 2.45) is 0 Å². The van der Waals surface area contributed by atoms with E-state index in [1.807, 2.05) is 16.7 Å². The molecule has 0 spiro atoms. The molecule has 1 atom stereocenters. The number of rotatable bonds is 3. The van der Waals surface area contributed by atoms with E-state index in [0.29, 0.717) is 18.7 Å². The van der Waals surface area contributed by atoms with E-state index in [2.05, 4.69) is 20.2 Å². The molecule has 24 heavy (non-hydrogen) atoms. The molecule has 0 aromatic carbocycles. The van der Waals surface area contributed by atoms with Crippen LogP contribution in [-0.2, 0) is 10.0 Å². The van der Waals surface area contributed by atoms with Crippen LogP contribution in [0.3, 0.4) is 0 Å². The topological polar surface area (TPSA) is 96.2 Å². The number of fused-ring (bicyclic) bond motifs is 3. The van der Waals surface area contributed by atoms with E-state index in [-0.39, 0.29) is 11.2 Å². The zero-order valence-electron chi connectivity index (χ0n) is 13.1. The Morgan fingerprint density at radius 1 is 1.21 bits per heavy atom. The van der Waals surface area contributed by atoms with Gasteiger partial charge in [0.25, 0.3) is 0 Å². The molecule has 126 valence electrons. The largest absolute Gasteiger partial charge is 0.345 e. The van der Waals surface area contributed by atoms with Crippen molar-refractivity contribution >= 4 is 26.8 Å². The Kier molecular flexibility index (Phi) is 2.99. The van der Waals surface area contributed by atoms with Crippen molar-refractivity contribution in [2.45, 2.75) is 36.9 Å². The molecule has 1 N–H and O–H groups in total. The lowest BCUT2D eigenvalue weighted by atomic mass is 9.99. The van der Waals surface area contributed by atoms with Crippen molar-refractivity contribution in [1.82, 2.24) is 28.9 Å². The summed E-state index contributed by atoms with van der Waals surface area (Å²) in [5.41, 5.74) is 2.40. The maximum absolute atomic E-state index is 12.6. The summed E-state index contributed by atoms with van der Waals surface area (Å²) in [4.78, 5) is 7.42. The average Bonchev–Trinajstić information content (AvgIpc) is 3.20. The number of hydrogen-bond acceptors (Lipinski definition) is 5. The minimum absolute atomic E-state index is 0.0581. The Balaban J connectivity index is 1.56. The highest BCUT2D eigenvalue weighted by molar-refractivity contribution is 7.90. The molecular formula is C15H18N6O2S. The number of piperidine rings is 1. The van der Waals surface area contributed by atoms with E-state index < -0.39 is 10.0 Å². The third-order valence-corrected chi connectivity index (χ3v) is 7.39. The average molecular weight is 346 g/mol. The summed E-state index contributed by atoms with van der Waals surface area (Å²) < 4.78 is 28.8. The number of sulfonamides is 1. The highest BCUT2D eigenvalue weighted by atomic mass is 32.2. The number of aromatic nitrogens is 5. The third kappa shape index (κ3) is 2.07. The highest BCUT2D eigenvalue weighted by Gasteiger charge is 2.42. The Hall–Kier alpha value is -2.00. The van der Waals surface area contributed by atoms with Gasteiger partial charge < -0.3 is 4.98 Å². The molecule has 1 aliphatic heterocycles. The normalized spacial score (nSPS) is 23.2. The Morgan fingerprint density at radius 2 is 2.08 bits per heavy atom. The fraction of sp³-hybridized carbons (Fsp3) is 0.533. The van der Waals surface area contributed by atoms with Crippen LogP contribution in [0.15, 0.2) is 18.5 Å². The van der Waals surface area contributed by atoms with Crippen LogP contribution in [0.2, 0.25) is 0 Å². The summed E-state index contributed by atoms with van der Waals surface area (Å²) in [5.74, 6) is 0.885. The van der Waals surface area contributed by atoms with Crippen molar-refractivity contribution in [3.05, 3.63) is 24.3 Å². The van der Waals surface area contributed by atoms with Crippen LogP contribution in [0.25, 0.3) is 16.8 Å². The highest BCUT2D eigenvalue weighted by Crippen LogP contribution is 2.35. The fourth-order valence-corrected chi connectivity index (χ4v) is 5.55. The van der Waals surface area contributed by atoms with Crippen LogP contribution in [0.4, 0.5) is 0 Å². The standard InChI is InChI=1S/C15H18N6O2S/c22-24(23,11-3-4-11)20-7-1-2-10(9-20)15-19-18-13-8-17-14-12(21(13)15)5-6-16-14/h5-6,8,10-11,16H,1-4,7,9H2/t10-/m0/s1. The molecule has 5 rings (SSSR count). The lowest BCUT2D eigenvalue weighted by Crippen LogP contribution is -2.41. The van der Waals surface area contributed by atoms with E-state index in [9.17, 15) is 8.42 Å². The molecule has 2 aliphatic rings. The molecule has 1 saturated heterocycles. The minimum Gasteiger partial charge on any atom is -0.345 e. The van der Waals surface area contributed by atoms with E-state index >= 15 is 0 Å². The van der Waals surface area contributed by atoms with Gasteiger partial charge in [-0.2, -0.15) is 0 Å². The molecule has 1 saturated carbocycles. The maximum atomic E-state index is 12.6.